The summed E-state index contributed by atoms with van der Waals surface area (Å²) in [7, 11) is 0. The van der Waals surface area contributed by atoms with E-state index < -0.39 is 0 Å². The standard InChI is InChI=1S/C16H19NOS/c1-2-18-12-6-11-17-13-15-9-10-16(19-15)14-7-4-3-5-8-14/h2-5,7-10,17H,1,6,11-13H2. The lowest BCUT2D eigenvalue weighted by Crippen LogP contribution is -2.15. The van der Waals surface area contributed by atoms with E-state index >= 15 is 0 Å². The Hall–Kier alpha value is -1.58. The minimum absolute atomic E-state index is 0.732. The van der Waals surface area contributed by atoms with Gasteiger partial charge in [0, 0.05) is 16.3 Å². The third kappa shape index (κ3) is 4.54. The van der Waals surface area contributed by atoms with Crippen molar-refractivity contribution < 1.29 is 4.74 Å². The summed E-state index contributed by atoms with van der Waals surface area (Å²) < 4.78 is 5.07. The summed E-state index contributed by atoms with van der Waals surface area (Å²) in [5, 5.41) is 3.42. The van der Waals surface area contributed by atoms with Crippen LogP contribution in [0.1, 0.15) is 11.3 Å². The molecule has 100 valence electrons. The molecule has 3 heteroatoms. The van der Waals surface area contributed by atoms with Crippen LogP contribution in [0.5, 0.6) is 0 Å². The predicted octanol–water partition coefficient (Wildman–Crippen LogP) is 4.05. The second-order valence-corrected chi connectivity index (χ2v) is 5.37. The first-order valence-electron chi connectivity index (χ1n) is 6.47. The number of rotatable bonds is 8. The first-order valence-corrected chi connectivity index (χ1v) is 7.29. The fourth-order valence-corrected chi connectivity index (χ4v) is 2.79. The van der Waals surface area contributed by atoms with Gasteiger partial charge in [0.1, 0.15) is 0 Å². The van der Waals surface area contributed by atoms with Gasteiger partial charge in [-0.2, -0.15) is 0 Å². The lowest BCUT2D eigenvalue weighted by Gasteiger charge is -2.02. The van der Waals surface area contributed by atoms with Crippen LogP contribution in [0.3, 0.4) is 0 Å². The molecule has 0 spiro atoms. The van der Waals surface area contributed by atoms with Gasteiger partial charge in [-0.25, -0.2) is 0 Å². The van der Waals surface area contributed by atoms with E-state index in [4.69, 9.17) is 4.74 Å². The molecule has 0 aliphatic heterocycles. The zero-order valence-corrected chi connectivity index (χ0v) is 11.8. The van der Waals surface area contributed by atoms with Crippen LogP contribution in [-0.2, 0) is 11.3 Å². The largest absolute Gasteiger partial charge is 0.502 e. The molecule has 0 unspecified atom stereocenters. The van der Waals surface area contributed by atoms with Crippen LogP contribution in [-0.4, -0.2) is 13.2 Å². The maximum absolute atomic E-state index is 5.07. The van der Waals surface area contributed by atoms with Gasteiger partial charge in [0.15, 0.2) is 0 Å². The van der Waals surface area contributed by atoms with E-state index in [1.54, 1.807) is 0 Å². The molecule has 0 saturated heterocycles. The van der Waals surface area contributed by atoms with Crippen LogP contribution in [0.25, 0.3) is 10.4 Å². The summed E-state index contributed by atoms with van der Waals surface area (Å²) in [6.07, 6.45) is 2.49. The number of hydrogen-bond acceptors (Lipinski definition) is 3. The first kappa shape index (κ1) is 13.8. The summed E-state index contributed by atoms with van der Waals surface area (Å²) in [4.78, 5) is 2.69. The quantitative estimate of drug-likeness (QED) is 0.578. The van der Waals surface area contributed by atoms with Crippen LogP contribution < -0.4 is 5.32 Å². The lowest BCUT2D eigenvalue weighted by molar-refractivity contribution is 0.244. The molecule has 19 heavy (non-hydrogen) atoms. The number of hydrogen-bond donors (Lipinski definition) is 1. The molecule has 0 amide bonds. The molecular formula is C16H19NOS. The minimum Gasteiger partial charge on any atom is -0.502 e. The monoisotopic (exact) mass is 273 g/mol. The molecule has 0 fully saturated rings. The van der Waals surface area contributed by atoms with Crippen molar-refractivity contribution in [3.8, 4) is 10.4 Å². The van der Waals surface area contributed by atoms with E-state index in [1.807, 2.05) is 17.4 Å². The molecule has 1 heterocycles. The van der Waals surface area contributed by atoms with Gasteiger partial charge < -0.3 is 10.1 Å². The zero-order chi connectivity index (χ0) is 13.3. The molecule has 1 aromatic heterocycles. The van der Waals surface area contributed by atoms with Crippen LogP contribution in [0.4, 0.5) is 0 Å². The SMILES string of the molecule is C=COCCCNCc1ccc(-c2ccccc2)s1. The number of ether oxygens (including phenoxy) is 1. The molecule has 0 radical (unpaired) electrons. The molecule has 0 aliphatic carbocycles. The second-order valence-electron chi connectivity index (χ2n) is 4.20. The van der Waals surface area contributed by atoms with Gasteiger partial charge in [-0.15, -0.1) is 11.3 Å². The van der Waals surface area contributed by atoms with Crippen molar-refractivity contribution in [2.75, 3.05) is 13.2 Å². The van der Waals surface area contributed by atoms with Crippen LogP contribution >= 0.6 is 11.3 Å². The Bertz CT molecular complexity index is 492. The van der Waals surface area contributed by atoms with E-state index in [2.05, 4.69) is 48.3 Å². The van der Waals surface area contributed by atoms with E-state index in [0.29, 0.717) is 0 Å². The Balaban J connectivity index is 1.77. The van der Waals surface area contributed by atoms with Crippen molar-refractivity contribution in [3.05, 3.63) is 60.2 Å². The topological polar surface area (TPSA) is 21.3 Å². The smallest absolute Gasteiger partial charge is 0.0885 e. The highest BCUT2D eigenvalue weighted by Gasteiger charge is 2.01. The molecule has 1 aromatic carbocycles. The fourth-order valence-electron chi connectivity index (χ4n) is 1.81. The molecule has 1 N–H and O–H groups in total. The maximum atomic E-state index is 5.07. The van der Waals surface area contributed by atoms with Gasteiger partial charge in [-0.05, 0) is 30.7 Å². The summed E-state index contributed by atoms with van der Waals surface area (Å²) >= 11 is 1.84. The number of benzene rings is 1. The van der Waals surface area contributed by atoms with Crippen molar-refractivity contribution in [3.63, 3.8) is 0 Å². The molecule has 0 aliphatic rings. The van der Waals surface area contributed by atoms with Crippen molar-refractivity contribution >= 4 is 11.3 Å². The van der Waals surface area contributed by atoms with Crippen LogP contribution in [0, 0.1) is 0 Å². The summed E-state index contributed by atoms with van der Waals surface area (Å²) in [5.41, 5.74) is 1.29. The van der Waals surface area contributed by atoms with E-state index in [0.717, 1.165) is 26.1 Å². The third-order valence-corrected chi connectivity index (χ3v) is 3.89. The Morgan fingerprint density at radius 1 is 1.16 bits per heavy atom. The number of thiophene rings is 1. The molecule has 2 nitrogen and oxygen atoms in total. The van der Waals surface area contributed by atoms with Crippen molar-refractivity contribution in [2.45, 2.75) is 13.0 Å². The lowest BCUT2D eigenvalue weighted by atomic mass is 10.2. The Morgan fingerprint density at radius 3 is 2.79 bits per heavy atom. The zero-order valence-electron chi connectivity index (χ0n) is 11.0. The van der Waals surface area contributed by atoms with Crippen molar-refractivity contribution in [1.29, 1.82) is 0 Å². The molecular weight excluding hydrogens is 254 g/mol. The highest BCUT2D eigenvalue weighted by molar-refractivity contribution is 7.15. The number of nitrogens with one attached hydrogen (secondary N) is 1. The Labute approximate surface area is 118 Å². The van der Waals surface area contributed by atoms with Crippen molar-refractivity contribution in [2.24, 2.45) is 0 Å². The fraction of sp³-hybridized carbons (Fsp3) is 0.250. The summed E-state index contributed by atoms with van der Waals surface area (Å²) in [6.45, 7) is 6.14. The first-order chi connectivity index (χ1) is 9.40. The second kappa shape index (κ2) is 7.77. The van der Waals surface area contributed by atoms with Gasteiger partial charge in [0.2, 0.25) is 0 Å². The van der Waals surface area contributed by atoms with Gasteiger partial charge in [0.25, 0.3) is 0 Å². The van der Waals surface area contributed by atoms with Crippen LogP contribution in [0.2, 0.25) is 0 Å². The average Bonchev–Trinajstić information content (AvgIpc) is 2.92. The average molecular weight is 273 g/mol. The summed E-state index contributed by atoms with van der Waals surface area (Å²) in [5.74, 6) is 0. The van der Waals surface area contributed by atoms with E-state index in [9.17, 15) is 0 Å². The maximum Gasteiger partial charge on any atom is 0.0885 e. The van der Waals surface area contributed by atoms with Crippen molar-refractivity contribution in [1.82, 2.24) is 5.32 Å². The summed E-state index contributed by atoms with van der Waals surface area (Å²) in [6, 6.07) is 14.9. The Morgan fingerprint density at radius 2 is 2.00 bits per heavy atom. The van der Waals surface area contributed by atoms with E-state index in [-0.39, 0.29) is 0 Å². The van der Waals surface area contributed by atoms with Gasteiger partial charge in [-0.1, -0.05) is 36.9 Å². The van der Waals surface area contributed by atoms with Gasteiger partial charge in [0.05, 0.1) is 12.9 Å². The van der Waals surface area contributed by atoms with Gasteiger partial charge in [-0.3, -0.25) is 0 Å². The minimum atomic E-state index is 0.732. The van der Waals surface area contributed by atoms with Crippen LogP contribution in [0.15, 0.2) is 55.3 Å². The normalized spacial score (nSPS) is 10.3. The van der Waals surface area contributed by atoms with Gasteiger partial charge >= 0.3 is 0 Å². The molecule has 2 aromatic rings. The molecule has 0 saturated carbocycles. The van der Waals surface area contributed by atoms with E-state index in [1.165, 1.54) is 21.6 Å². The Kier molecular flexibility index (Phi) is 5.66. The molecule has 0 atom stereocenters. The molecule has 2 rings (SSSR count). The third-order valence-electron chi connectivity index (χ3n) is 2.75. The highest BCUT2D eigenvalue weighted by Crippen LogP contribution is 2.27. The molecule has 0 bridgehead atoms. The highest BCUT2D eigenvalue weighted by atomic mass is 32.1. The predicted molar refractivity (Wildman–Crippen MR) is 82.2 cm³/mol.